The molecule has 0 aliphatic carbocycles. The van der Waals surface area contributed by atoms with Crippen LogP contribution in [0.5, 0.6) is 5.75 Å². The number of nitrogens with two attached hydrogens (primary N) is 2. The molecule has 0 radical (unpaired) electrons. The minimum Gasteiger partial charge on any atom is -0.425 e. The zero-order valence-electron chi connectivity index (χ0n) is 15.5. The van der Waals surface area contributed by atoms with Crippen LogP contribution in [0.15, 0.2) is 59.6 Å². The van der Waals surface area contributed by atoms with E-state index in [1.165, 1.54) is 24.3 Å². The van der Waals surface area contributed by atoms with Crippen molar-refractivity contribution in [2.75, 3.05) is 6.54 Å². The highest BCUT2D eigenvalue weighted by Crippen LogP contribution is 2.18. The maximum absolute atomic E-state index is 12.6. The van der Waals surface area contributed by atoms with Gasteiger partial charge in [-0.2, -0.15) is 0 Å². The van der Waals surface area contributed by atoms with Crippen molar-refractivity contribution in [3.05, 3.63) is 70.3 Å². The van der Waals surface area contributed by atoms with E-state index in [-0.39, 0.29) is 30.4 Å². The normalized spacial score (nSPS) is 11.2. The average molecular weight is 399 g/mol. The van der Waals surface area contributed by atoms with Crippen LogP contribution in [0.4, 0.5) is 5.69 Å². The van der Waals surface area contributed by atoms with Gasteiger partial charge in [0.05, 0.1) is 4.92 Å². The van der Waals surface area contributed by atoms with Gasteiger partial charge < -0.3 is 21.5 Å². The Bertz CT molecular complexity index is 880. The molecule has 29 heavy (non-hydrogen) atoms. The summed E-state index contributed by atoms with van der Waals surface area (Å²) in [5.74, 6) is -1.07. The van der Waals surface area contributed by atoms with Gasteiger partial charge in [0, 0.05) is 24.2 Å². The fourth-order valence-electron chi connectivity index (χ4n) is 2.41. The number of rotatable bonds is 9. The second-order valence-electron chi connectivity index (χ2n) is 6.01. The van der Waals surface area contributed by atoms with Crippen molar-refractivity contribution in [1.29, 1.82) is 0 Å². The first-order chi connectivity index (χ1) is 13.9. The molecule has 1 unspecified atom stereocenters. The molecular formula is C19H21N5O5. The van der Waals surface area contributed by atoms with Crippen LogP contribution >= 0.6 is 0 Å². The van der Waals surface area contributed by atoms with Gasteiger partial charge in [0.25, 0.3) is 11.6 Å². The number of carbonyl (C=O) groups excluding carboxylic acids is 2. The summed E-state index contributed by atoms with van der Waals surface area (Å²) < 4.78 is 5.26. The van der Waals surface area contributed by atoms with Gasteiger partial charge in [0.1, 0.15) is 11.8 Å². The van der Waals surface area contributed by atoms with Crippen LogP contribution in [-0.2, 0) is 4.79 Å². The molecule has 10 nitrogen and oxygen atoms in total. The van der Waals surface area contributed by atoms with Crippen molar-refractivity contribution in [3.8, 4) is 5.75 Å². The maximum atomic E-state index is 12.6. The lowest BCUT2D eigenvalue weighted by Crippen LogP contribution is -2.43. The number of benzene rings is 2. The number of amides is 1. The molecule has 10 heteroatoms. The summed E-state index contributed by atoms with van der Waals surface area (Å²) in [4.78, 5) is 39.0. The molecule has 1 atom stereocenters. The van der Waals surface area contributed by atoms with E-state index in [9.17, 15) is 19.7 Å². The number of carbonyl (C=O) groups is 2. The lowest BCUT2D eigenvalue weighted by molar-refractivity contribution is -0.384. The standard InChI is InChI=1S/C19H21N5O5/c20-19(21)22-12-4-7-16(23-17(25)13-5-2-1-3-6-13)18(26)29-15-10-8-14(9-11-15)24(27)28/h1-3,5-6,8-11,16H,4,7,12H2,(H,23,25)(H4,20,21,22). The zero-order valence-corrected chi connectivity index (χ0v) is 15.5. The van der Waals surface area contributed by atoms with E-state index < -0.39 is 22.8 Å². The van der Waals surface area contributed by atoms with Crippen molar-refractivity contribution in [3.63, 3.8) is 0 Å². The van der Waals surface area contributed by atoms with Crippen molar-refractivity contribution >= 4 is 23.5 Å². The van der Waals surface area contributed by atoms with Gasteiger partial charge in [-0.15, -0.1) is 0 Å². The Morgan fingerprint density at radius 2 is 1.76 bits per heavy atom. The van der Waals surface area contributed by atoms with Gasteiger partial charge >= 0.3 is 5.97 Å². The molecule has 0 aliphatic rings. The van der Waals surface area contributed by atoms with E-state index >= 15 is 0 Å². The predicted molar refractivity (Wildman–Crippen MR) is 106 cm³/mol. The molecule has 0 saturated heterocycles. The summed E-state index contributed by atoms with van der Waals surface area (Å²) in [7, 11) is 0. The highest BCUT2D eigenvalue weighted by Gasteiger charge is 2.23. The molecular weight excluding hydrogens is 378 g/mol. The Balaban J connectivity index is 2.07. The number of hydrogen-bond donors (Lipinski definition) is 3. The van der Waals surface area contributed by atoms with Crippen LogP contribution < -0.4 is 21.5 Å². The number of ether oxygens (including phenoxy) is 1. The third kappa shape index (κ3) is 6.94. The number of esters is 1. The molecule has 2 rings (SSSR count). The van der Waals surface area contributed by atoms with Crippen LogP contribution in [0, 0.1) is 10.1 Å². The first kappa shape index (κ1) is 21.4. The second-order valence-corrected chi connectivity index (χ2v) is 6.01. The van der Waals surface area contributed by atoms with Crippen LogP contribution in [0.3, 0.4) is 0 Å². The molecule has 2 aromatic rings. The smallest absolute Gasteiger partial charge is 0.334 e. The number of nitrogens with zero attached hydrogens (tertiary/aromatic N) is 2. The molecule has 2 aromatic carbocycles. The fraction of sp³-hybridized carbons (Fsp3) is 0.211. The summed E-state index contributed by atoms with van der Waals surface area (Å²) in [6.45, 7) is 0.283. The number of nitro benzene ring substituents is 1. The monoisotopic (exact) mass is 399 g/mol. The molecule has 1 amide bonds. The fourth-order valence-corrected chi connectivity index (χ4v) is 2.41. The third-order valence-corrected chi connectivity index (χ3v) is 3.84. The van der Waals surface area contributed by atoms with Gasteiger partial charge in [-0.3, -0.25) is 19.9 Å². The summed E-state index contributed by atoms with van der Waals surface area (Å²) in [5.41, 5.74) is 10.8. The second kappa shape index (κ2) is 10.4. The highest BCUT2D eigenvalue weighted by atomic mass is 16.6. The topological polar surface area (TPSA) is 163 Å². The van der Waals surface area contributed by atoms with Crippen LogP contribution in [-0.4, -0.2) is 35.3 Å². The molecule has 0 aliphatic heterocycles. The van der Waals surface area contributed by atoms with Crippen LogP contribution in [0.25, 0.3) is 0 Å². The molecule has 0 bridgehead atoms. The maximum Gasteiger partial charge on any atom is 0.334 e. The lowest BCUT2D eigenvalue weighted by Gasteiger charge is -2.17. The molecule has 0 fully saturated rings. The minimum atomic E-state index is -0.952. The van der Waals surface area contributed by atoms with E-state index in [2.05, 4.69) is 10.3 Å². The number of guanidine groups is 1. The van der Waals surface area contributed by atoms with Crippen molar-refractivity contribution in [2.24, 2.45) is 16.5 Å². The van der Waals surface area contributed by atoms with Gasteiger partial charge in [-0.25, -0.2) is 4.79 Å². The van der Waals surface area contributed by atoms with Crippen molar-refractivity contribution in [2.45, 2.75) is 18.9 Å². The Kier molecular flexibility index (Phi) is 7.66. The molecule has 0 spiro atoms. The number of aliphatic imine (C=N–C) groups is 1. The summed E-state index contributed by atoms with van der Waals surface area (Å²) in [5, 5.41) is 13.4. The lowest BCUT2D eigenvalue weighted by atomic mass is 10.1. The van der Waals surface area contributed by atoms with Gasteiger partial charge in [0.15, 0.2) is 5.96 Å². The molecule has 0 saturated carbocycles. The Morgan fingerprint density at radius 1 is 1.10 bits per heavy atom. The Labute approximate surface area is 166 Å². The summed E-state index contributed by atoms with van der Waals surface area (Å²) in [6.07, 6.45) is 0.661. The van der Waals surface area contributed by atoms with Gasteiger partial charge in [-0.05, 0) is 37.1 Å². The Morgan fingerprint density at radius 3 is 2.34 bits per heavy atom. The first-order valence-corrected chi connectivity index (χ1v) is 8.74. The molecule has 152 valence electrons. The van der Waals surface area contributed by atoms with Crippen LogP contribution in [0.1, 0.15) is 23.2 Å². The van der Waals surface area contributed by atoms with E-state index in [0.29, 0.717) is 12.0 Å². The number of nitro groups is 1. The summed E-state index contributed by atoms with van der Waals surface area (Å²) in [6, 6.07) is 12.5. The van der Waals surface area contributed by atoms with E-state index in [1.807, 2.05) is 0 Å². The Hall–Kier alpha value is -3.95. The number of non-ortho nitro benzene ring substituents is 1. The first-order valence-electron chi connectivity index (χ1n) is 8.74. The van der Waals surface area contributed by atoms with Crippen molar-refractivity contribution in [1.82, 2.24) is 5.32 Å². The molecule has 5 N–H and O–H groups in total. The SMILES string of the molecule is NC(N)=NCCCC(NC(=O)c1ccccc1)C(=O)Oc1ccc([N+](=O)[O-])cc1. The van der Waals surface area contributed by atoms with E-state index in [0.717, 1.165) is 0 Å². The predicted octanol–water partition coefficient (Wildman–Crippen LogP) is 1.35. The van der Waals surface area contributed by atoms with Crippen LogP contribution in [0.2, 0.25) is 0 Å². The largest absolute Gasteiger partial charge is 0.425 e. The van der Waals surface area contributed by atoms with Gasteiger partial charge in [0.2, 0.25) is 0 Å². The highest BCUT2D eigenvalue weighted by molar-refractivity contribution is 5.96. The van der Waals surface area contributed by atoms with E-state index in [4.69, 9.17) is 16.2 Å². The summed E-state index contributed by atoms with van der Waals surface area (Å²) >= 11 is 0. The third-order valence-electron chi connectivity index (χ3n) is 3.84. The van der Waals surface area contributed by atoms with Gasteiger partial charge in [-0.1, -0.05) is 18.2 Å². The quantitative estimate of drug-likeness (QED) is 0.109. The number of nitrogens with one attached hydrogen (secondary N) is 1. The molecule has 0 aromatic heterocycles. The number of hydrogen-bond acceptors (Lipinski definition) is 6. The zero-order chi connectivity index (χ0) is 21.2. The van der Waals surface area contributed by atoms with E-state index in [1.54, 1.807) is 30.3 Å². The average Bonchev–Trinajstić information content (AvgIpc) is 2.71. The minimum absolute atomic E-state index is 0.0664. The van der Waals surface area contributed by atoms with Crippen molar-refractivity contribution < 1.29 is 19.2 Å². The molecule has 0 heterocycles.